The average Bonchev–Trinajstić information content (AvgIpc) is 2.66. The summed E-state index contributed by atoms with van der Waals surface area (Å²) in [6, 6.07) is 0. The van der Waals surface area contributed by atoms with E-state index < -0.39 is 0 Å². The second kappa shape index (κ2) is 4.52. The van der Waals surface area contributed by atoms with Gasteiger partial charge in [0, 0.05) is 18.9 Å². The van der Waals surface area contributed by atoms with Crippen molar-refractivity contribution >= 4 is 0 Å². The van der Waals surface area contributed by atoms with Crippen molar-refractivity contribution in [3.05, 3.63) is 0 Å². The Hall–Kier alpha value is -0.120. The van der Waals surface area contributed by atoms with Gasteiger partial charge in [0.25, 0.3) is 0 Å². The molecule has 3 aliphatic rings. The van der Waals surface area contributed by atoms with Crippen LogP contribution in [0.5, 0.6) is 0 Å². The Balaban J connectivity index is 1.82. The summed E-state index contributed by atoms with van der Waals surface area (Å²) in [7, 11) is 1.72. The van der Waals surface area contributed by atoms with Crippen LogP contribution in [0.2, 0.25) is 0 Å². The van der Waals surface area contributed by atoms with Crippen LogP contribution < -0.4 is 0 Å². The number of rotatable bonds is 1. The van der Waals surface area contributed by atoms with Crippen LogP contribution in [0, 0.1) is 23.7 Å². The van der Waals surface area contributed by atoms with Gasteiger partial charge in [-0.3, -0.25) is 0 Å². The normalized spacial score (nSPS) is 54.2. The Morgan fingerprint density at radius 1 is 1.18 bits per heavy atom. The minimum absolute atomic E-state index is 0.0903. The first kappa shape index (κ1) is 11.9. The van der Waals surface area contributed by atoms with Crippen molar-refractivity contribution in [3.8, 4) is 0 Å². The van der Waals surface area contributed by atoms with Crippen LogP contribution in [-0.4, -0.2) is 30.7 Å². The van der Waals surface area contributed by atoms with Gasteiger partial charge in [0.2, 0.25) is 0 Å². The summed E-state index contributed by atoms with van der Waals surface area (Å²) in [6.07, 6.45) is 6.19. The summed E-state index contributed by atoms with van der Waals surface area (Å²) in [5.74, 6) is 1.92. The van der Waals surface area contributed by atoms with Gasteiger partial charge >= 0.3 is 0 Å². The monoisotopic (exact) mass is 240 g/mol. The molecule has 0 spiro atoms. The molecule has 0 radical (unpaired) electrons. The van der Waals surface area contributed by atoms with Crippen LogP contribution in [0.25, 0.3) is 0 Å². The smallest absolute Gasteiger partial charge is 0.160 e. The molecule has 1 aliphatic heterocycles. The van der Waals surface area contributed by atoms with Crippen LogP contribution in [0.15, 0.2) is 0 Å². The first-order chi connectivity index (χ1) is 8.22. The van der Waals surface area contributed by atoms with E-state index in [9.17, 15) is 5.11 Å². The molecule has 2 aliphatic carbocycles. The lowest BCUT2D eigenvalue weighted by Gasteiger charge is -2.45. The van der Waals surface area contributed by atoms with Gasteiger partial charge in [0.1, 0.15) is 0 Å². The van der Waals surface area contributed by atoms with Gasteiger partial charge in [-0.15, -0.1) is 0 Å². The predicted octanol–water partition coefficient (Wildman–Crippen LogP) is 2.18. The van der Waals surface area contributed by atoms with Gasteiger partial charge in [-0.25, -0.2) is 0 Å². The van der Waals surface area contributed by atoms with Gasteiger partial charge in [-0.2, -0.15) is 0 Å². The van der Waals surface area contributed by atoms with E-state index in [-0.39, 0.29) is 18.5 Å². The van der Waals surface area contributed by atoms with E-state index in [1.165, 1.54) is 32.1 Å². The highest BCUT2D eigenvalue weighted by Crippen LogP contribution is 2.51. The summed E-state index contributed by atoms with van der Waals surface area (Å²) in [5, 5.41) is 10.6. The molecule has 3 fully saturated rings. The maximum Gasteiger partial charge on any atom is 0.160 e. The van der Waals surface area contributed by atoms with Crippen LogP contribution >= 0.6 is 0 Å². The third-order valence-electron chi connectivity index (χ3n) is 5.34. The second-order valence-electron chi connectivity index (χ2n) is 6.12. The van der Waals surface area contributed by atoms with Crippen molar-refractivity contribution in [2.24, 2.45) is 23.7 Å². The van der Waals surface area contributed by atoms with E-state index in [0.717, 1.165) is 0 Å². The summed E-state index contributed by atoms with van der Waals surface area (Å²) in [6.45, 7) is 2.09. The third-order valence-corrected chi connectivity index (χ3v) is 5.34. The Morgan fingerprint density at radius 2 is 1.94 bits per heavy atom. The van der Waals surface area contributed by atoms with Crippen LogP contribution in [0.3, 0.4) is 0 Å². The van der Waals surface area contributed by atoms with Gasteiger partial charge in [-0.05, 0) is 31.6 Å². The van der Waals surface area contributed by atoms with Gasteiger partial charge in [-0.1, -0.05) is 19.3 Å². The fraction of sp³-hybridized carbons (Fsp3) is 1.00. The van der Waals surface area contributed by atoms with Gasteiger partial charge in [0.05, 0.1) is 12.2 Å². The topological polar surface area (TPSA) is 38.7 Å². The molecule has 17 heavy (non-hydrogen) atoms. The standard InChI is InChI=1S/C14H24O3/c1-8-12-11(14(16-2)17-8)7-9-5-3-4-6-10(9)13(12)15/h8-15H,3-7H2,1-2H3/t8-,9+,10-,11-,12-,13+,14-/m1/s1. The fourth-order valence-corrected chi connectivity index (χ4v) is 4.58. The number of aliphatic hydroxyl groups excluding tert-OH is 1. The zero-order valence-corrected chi connectivity index (χ0v) is 10.8. The molecule has 3 rings (SSSR count). The highest BCUT2D eigenvalue weighted by Gasteiger charge is 2.53. The van der Waals surface area contributed by atoms with Crippen molar-refractivity contribution in [1.82, 2.24) is 0 Å². The van der Waals surface area contributed by atoms with Crippen LogP contribution in [0.1, 0.15) is 39.0 Å². The van der Waals surface area contributed by atoms with Crippen LogP contribution in [-0.2, 0) is 9.47 Å². The molecule has 0 unspecified atom stereocenters. The zero-order valence-electron chi connectivity index (χ0n) is 10.8. The van der Waals surface area contributed by atoms with E-state index >= 15 is 0 Å². The van der Waals surface area contributed by atoms with Crippen molar-refractivity contribution in [3.63, 3.8) is 0 Å². The lowest BCUT2D eigenvalue weighted by atomic mass is 9.61. The SMILES string of the molecule is CO[C@@H]1O[C@H](C)[C@H]2[C@@H](O)[C@@H]3CCCC[C@H]3C[C@@H]12. The van der Waals surface area contributed by atoms with E-state index in [4.69, 9.17) is 9.47 Å². The first-order valence-corrected chi connectivity index (χ1v) is 7.08. The number of hydrogen-bond acceptors (Lipinski definition) is 3. The number of hydrogen-bond donors (Lipinski definition) is 1. The highest BCUT2D eigenvalue weighted by molar-refractivity contribution is 4.99. The van der Waals surface area contributed by atoms with Gasteiger partial charge < -0.3 is 14.6 Å². The Morgan fingerprint density at radius 3 is 2.71 bits per heavy atom. The predicted molar refractivity (Wildman–Crippen MR) is 64.4 cm³/mol. The molecule has 98 valence electrons. The number of methoxy groups -OCH3 is 1. The first-order valence-electron chi connectivity index (χ1n) is 7.08. The Kier molecular flexibility index (Phi) is 3.18. The second-order valence-corrected chi connectivity index (χ2v) is 6.12. The van der Waals surface area contributed by atoms with Crippen molar-refractivity contribution in [1.29, 1.82) is 0 Å². The van der Waals surface area contributed by atoms with Crippen molar-refractivity contribution in [2.75, 3.05) is 7.11 Å². The molecular formula is C14H24O3. The maximum atomic E-state index is 10.6. The molecule has 7 atom stereocenters. The molecule has 3 heteroatoms. The van der Waals surface area contributed by atoms with Crippen LogP contribution in [0.4, 0.5) is 0 Å². The van der Waals surface area contributed by atoms with E-state index in [1.54, 1.807) is 7.11 Å². The minimum atomic E-state index is -0.172. The molecule has 1 N–H and O–H groups in total. The lowest BCUT2D eigenvalue weighted by Crippen LogP contribution is -2.47. The molecule has 0 bridgehead atoms. The molecule has 2 saturated carbocycles. The van der Waals surface area contributed by atoms with Crippen molar-refractivity contribution < 1.29 is 14.6 Å². The van der Waals surface area contributed by atoms with E-state index in [2.05, 4.69) is 6.92 Å². The summed E-state index contributed by atoms with van der Waals surface area (Å²) >= 11 is 0. The maximum absolute atomic E-state index is 10.6. The van der Waals surface area contributed by atoms with E-state index in [0.29, 0.717) is 23.7 Å². The molecule has 0 aromatic heterocycles. The Labute approximate surface area is 103 Å². The fourth-order valence-electron chi connectivity index (χ4n) is 4.58. The molecule has 1 saturated heterocycles. The molecular weight excluding hydrogens is 216 g/mol. The largest absolute Gasteiger partial charge is 0.392 e. The van der Waals surface area contributed by atoms with Crippen molar-refractivity contribution in [2.45, 2.75) is 57.5 Å². The number of aliphatic hydroxyl groups is 1. The lowest BCUT2D eigenvalue weighted by molar-refractivity contribution is -0.133. The molecule has 1 heterocycles. The Bertz CT molecular complexity index is 281. The highest BCUT2D eigenvalue weighted by atomic mass is 16.7. The zero-order chi connectivity index (χ0) is 12.0. The molecule has 3 nitrogen and oxygen atoms in total. The van der Waals surface area contributed by atoms with E-state index in [1.807, 2.05) is 0 Å². The van der Waals surface area contributed by atoms with Gasteiger partial charge in [0.15, 0.2) is 6.29 Å². The molecule has 0 aromatic carbocycles. The number of fused-ring (bicyclic) bond motifs is 2. The summed E-state index contributed by atoms with van der Waals surface area (Å²) in [4.78, 5) is 0. The third kappa shape index (κ3) is 1.83. The summed E-state index contributed by atoms with van der Waals surface area (Å²) < 4.78 is 11.3. The average molecular weight is 240 g/mol. The minimum Gasteiger partial charge on any atom is -0.392 e. The summed E-state index contributed by atoms with van der Waals surface area (Å²) in [5.41, 5.74) is 0. The molecule has 0 amide bonds. The number of ether oxygens (including phenoxy) is 2. The quantitative estimate of drug-likeness (QED) is 0.763. The molecule has 0 aromatic rings.